The quantitative estimate of drug-likeness (QED) is 0.120. The fourth-order valence-corrected chi connectivity index (χ4v) is 6.33. The molecule has 0 saturated carbocycles. The highest BCUT2D eigenvalue weighted by Gasteiger charge is 2.15. The molecular formula is C26H55OP. The van der Waals surface area contributed by atoms with Gasteiger partial charge in [-0.15, -0.1) is 0 Å². The second-order valence-corrected chi connectivity index (χ2v) is 11.4. The van der Waals surface area contributed by atoms with E-state index in [0.717, 1.165) is 6.16 Å². The first-order valence-electron chi connectivity index (χ1n) is 13.3. The Labute approximate surface area is 180 Å². The third kappa shape index (κ3) is 19.5. The van der Waals surface area contributed by atoms with Crippen LogP contribution in [0.4, 0.5) is 0 Å². The van der Waals surface area contributed by atoms with Crippen LogP contribution in [-0.2, 0) is 4.57 Å². The molecule has 0 bridgehead atoms. The minimum absolute atomic E-state index is 0.557. The molecule has 0 radical (unpaired) electrons. The van der Waals surface area contributed by atoms with Crippen LogP contribution in [-0.4, -0.2) is 11.8 Å². The van der Waals surface area contributed by atoms with Gasteiger partial charge in [0.05, 0.1) is 7.80 Å². The summed E-state index contributed by atoms with van der Waals surface area (Å²) in [5.74, 6) is 0. The third-order valence-electron chi connectivity index (χ3n) is 6.29. The molecule has 0 aliphatic carbocycles. The van der Waals surface area contributed by atoms with Crippen LogP contribution in [0.2, 0.25) is 0 Å². The van der Waals surface area contributed by atoms with Crippen LogP contribution >= 0.6 is 7.80 Å². The molecule has 1 nitrogen and oxygen atoms in total. The summed E-state index contributed by atoms with van der Waals surface area (Å²) in [5, 5.41) is 0. The SMILES string of the molecule is CCCCCCCCCCCC[PH](=O)C(CCCCCC)CCCCCCC. The van der Waals surface area contributed by atoms with Gasteiger partial charge in [0.1, 0.15) is 0 Å². The largest absolute Gasteiger partial charge is 0.327 e. The molecule has 0 N–H and O–H groups in total. The van der Waals surface area contributed by atoms with Crippen molar-refractivity contribution in [3.05, 3.63) is 0 Å². The molecule has 0 fully saturated rings. The van der Waals surface area contributed by atoms with E-state index in [4.69, 9.17) is 0 Å². The van der Waals surface area contributed by atoms with Crippen LogP contribution in [0.15, 0.2) is 0 Å². The summed E-state index contributed by atoms with van der Waals surface area (Å²) in [6.07, 6.45) is 29.3. The van der Waals surface area contributed by atoms with E-state index in [2.05, 4.69) is 20.8 Å². The van der Waals surface area contributed by atoms with E-state index in [1.54, 1.807) is 0 Å². The maximum Gasteiger partial charge on any atom is 0.0791 e. The van der Waals surface area contributed by atoms with Gasteiger partial charge in [-0.05, 0) is 25.4 Å². The van der Waals surface area contributed by atoms with E-state index >= 15 is 0 Å². The van der Waals surface area contributed by atoms with Crippen molar-refractivity contribution >= 4 is 7.80 Å². The molecule has 0 amide bonds. The first kappa shape index (κ1) is 28.2. The molecule has 0 heterocycles. The Morgan fingerprint density at radius 2 is 0.786 bits per heavy atom. The van der Waals surface area contributed by atoms with Gasteiger partial charge in [0.2, 0.25) is 0 Å². The summed E-state index contributed by atoms with van der Waals surface area (Å²) in [6, 6.07) is 0. The fraction of sp³-hybridized carbons (Fsp3) is 1.00. The molecule has 2 unspecified atom stereocenters. The third-order valence-corrected chi connectivity index (χ3v) is 8.63. The van der Waals surface area contributed by atoms with Crippen molar-refractivity contribution in [3.8, 4) is 0 Å². The van der Waals surface area contributed by atoms with E-state index in [9.17, 15) is 4.57 Å². The fourth-order valence-electron chi connectivity index (χ4n) is 4.27. The standard InChI is InChI=1S/C26H55OP/c1-4-7-10-13-14-15-16-17-19-22-25-28(27)26(23-20-12-9-6-3)24-21-18-11-8-5-2/h26,28H,4-25H2,1-3H3. The predicted molar refractivity (Wildman–Crippen MR) is 132 cm³/mol. The zero-order valence-electron chi connectivity index (χ0n) is 20.0. The normalized spacial score (nSPS) is 13.7. The Kier molecular flexibility index (Phi) is 23.7. The Morgan fingerprint density at radius 3 is 1.21 bits per heavy atom. The van der Waals surface area contributed by atoms with Gasteiger partial charge in [0, 0.05) is 5.66 Å². The highest BCUT2D eigenvalue weighted by molar-refractivity contribution is 7.45. The van der Waals surface area contributed by atoms with Gasteiger partial charge in [-0.1, -0.05) is 136 Å². The Balaban J connectivity index is 3.84. The predicted octanol–water partition coefficient (Wildman–Crippen LogP) is 10.2. The lowest BCUT2D eigenvalue weighted by molar-refractivity contribution is 0.523. The zero-order valence-corrected chi connectivity index (χ0v) is 21.0. The minimum Gasteiger partial charge on any atom is -0.327 e. The molecule has 2 heteroatoms. The van der Waals surface area contributed by atoms with Gasteiger partial charge in [-0.2, -0.15) is 0 Å². The monoisotopic (exact) mass is 414 g/mol. The minimum atomic E-state index is -1.36. The van der Waals surface area contributed by atoms with Crippen molar-refractivity contribution < 1.29 is 4.57 Å². The van der Waals surface area contributed by atoms with E-state index in [0.29, 0.717) is 5.66 Å². The average Bonchev–Trinajstić information content (AvgIpc) is 2.70. The molecule has 0 aromatic carbocycles. The second kappa shape index (κ2) is 23.5. The van der Waals surface area contributed by atoms with Crippen LogP contribution in [0.1, 0.15) is 156 Å². The van der Waals surface area contributed by atoms with Crippen molar-refractivity contribution in [1.82, 2.24) is 0 Å². The van der Waals surface area contributed by atoms with Gasteiger partial charge in [-0.25, -0.2) is 0 Å². The summed E-state index contributed by atoms with van der Waals surface area (Å²) >= 11 is 0. The van der Waals surface area contributed by atoms with E-state index in [-0.39, 0.29) is 0 Å². The maximum atomic E-state index is 12.9. The molecule has 2 atom stereocenters. The number of rotatable bonds is 23. The molecule has 0 saturated heterocycles. The molecule has 0 aromatic rings. The van der Waals surface area contributed by atoms with Crippen LogP contribution in [0.25, 0.3) is 0 Å². The molecule has 0 aliphatic heterocycles. The first-order valence-corrected chi connectivity index (χ1v) is 15.0. The Morgan fingerprint density at radius 1 is 0.464 bits per heavy atom. The van der Waals surface area contributed by atoms with Crippen molar-refractivity contribution in [2.45, 2.75) is 161 Å². The van der Waals surface area contributed by atoms with Crippen LogP contribution in [0, 0.1) is 0 Å². The first-order chi connectivity index (χ1) is 13.8. The van der Waals surface area contributed by atoms with Crippen molar-refractivity contribution in [2.24, 2.45) is 0 Å². The van der Waals surface area contributed by atoms with Crippen LogP contribution in [0.3, 0.4) is 0 Å². The molecule has 0 spiro atoms. The lowest BCUT2D eigenvalue weighted by atomic mass is 10.0. The molecule has 170 valence electrons. The summed E-state index contributed by atoms with van der Waals surface area (Å²) in [7, 11) is -1.36. The van der Waals surface area contributed by atoms with Crippen molar-refractivity contribution in [3.63, 3.8) is 0 Å². The van der Waals surface area contributed by atoms with Gasteiger partial charge in [0.25, 0.3) is 0 Å². The number of hydrogen-bond donors (Lipinski definition) is 0. The molecule has 0 rings (SSSR count). The maximum absolute atomic E-state index is 12.9. The van der Waals surface area contributed by atoms with Crippen LogP contribution in [0.5, 0.6) is 0 Å². The molecule has 28 heavy (non-hydrogen) atoms. The highest BCUT2D eigenvalue weighted by Crippen LogP contribution is 2.36. The van der Waals surface area contributed by atoms with E-state index in [1.165, 1.54) is 135 Å². The molecular weight excluding hydrogens is 359 g/mol. The zero-order chi connectivity index (χ0) is 20.7. The summed E-state index contributed by atoms with van der Waals surface area (Å²) in [5.41, 5.74) is 0.557. The smallest absolute Gasteiger partial charge is 0.0791 e. The van der Waals surface area contributed by atoms with Gasteiger partial charge >= 0.3 is 0 Å². The summed E-state index contributed by atoms with van der Waals surface area (Å²) in [4.78, 5) is 0. The Bertz CT molecular complexity index is 316. The van der Waals surface area contributed by atoms with Crippen LogP contribution < -0.4 is 0 Å². The number of unbranched alkanes of at least 4 members (excludes halogenated alkanes) is 16. The van der Waals surface area contributed by atoms with Gasteiger partial charge in [-0.3, -0.25) is 0 Å². The second-order valence-electron chi connectivity index (χ2n) is 9.15. The number of hydrogen-bond acceptors (Lipinski definition) is 1. The topological polar surface area (TPSA) is 17.1 Å². The lowest BCUT2D eigenvalue weighted by Crippen LogP contribution is -2.05. The molecule has 0 aromatic heterocycles. The average molecular weight is 415 g/mol. The Hall–Kier alpha value is 0.230. The van der Waals surface area contributed by atoms with E-state index in [1.807, 2.05) is 0 Å². The highest BCUT2D eigenvalue weighted by atomic mass is 31.1. The van der Waals surface area contributed by atoms with E-state index < -0.39 is 7.80 Å². The lowest BCUT2D eigenvalue weighted by Gasteiger charge is -2.17. The summed E-state index contributed by atoms with van der Waals surface area (Å²) in [6.45, 7) is 6.84. The van der Waals surface area contributed by atoms with Gasteiger partial charge in [0.15, 0.2) is 0 Å². The van der Waals surface area contributed by atoms with Gasteiger partial charge < -0.3 is 4.57 Å². The summed E-state index contributed by atoms with van der Waals surface area (Å²) < 4.78 is 12.9. The molecule has 0 aliphatic rings. The van der Waals surface area contributed by atoms with Crippen molar-refractivity contribution in [2.75, 3.05) is 6.16 Å². The van der Waals surface area contributed by atoms with Crippen molar-refractivity contribution in [1.29, 1.82) is 0 Å².